The Bertz CT molecular complexity index is 600. The number of para-hydroxylation sites is 2. The number of hydrogen-bond donors (Lipinski definition) is 1. The molecule has 1 N–H and O–H groups in total. The SMILES string of the molecule is Cc1nc(C)c(CNc2ccccc2N2CCCCC2)s1. The van der Waals surface area contributed by atoms with Crippen molar-refractivity contribution < 1.29 is 0 Å². The lowest BCUT2D eigenvalue weighted by Crippen LogP contribution is -2.30. The first-order valence-corrected chi connectivity index (χ1v) is 8.56. The zero-order chi connectivity index (χ0) is 14.7. The van der Waals surface area contributed by atoms with Crippen LogP contribution in [0.4, 0.5) is 11.4 Å². The molecule has 0 atom stereocenters. The highest BCUT2D eigenvalue weighted by atomic mass is 32.1. The Morgan fingerprint density at radius 3 is 2.62 bits per heavy atom. The van der Waals surface area contributed by atoms with Crippen LogP contribution >= 0.6 is 11.3 Å². The normalized spacial score (nSPS) is 15.2. The van der Waals surface area contributed by atoms with E-state index in [0.717, 1.165) is 17.2 Å². The minimum atomic E-state index is 0.863. The number of nitrogens with one attached hydrogen (secondary N) is 1. The summed E-state index contributed by atoms with van der Waals surface area (Å²) >= 11 is 1.79. The van der Waals surface area contributed by atoms with Crippen LogP contribution in [0.15, 0.2) is 24.3 Å². The molecule has 0 unspecified atom stereocenters. The number of anilines is 2. The van der Waals surface area contributed by atoms with E-state index >= 15 is 0 Å². The highest BCUT2D eigenvalue weighted by Gasteiger charge is 2.14. The van der Waals surface area contributed by atoms with Crippen LogP contribution in [0.3, 0.4) is 0 Å². The fourth-order valence-corrected chi connectivity index (χ4v) is 3.82. The Labute approximate surface area is 131 Å². The third kappa shape index (κ3) is 3.38. The van der Waals surface area contributed by atoms with E-state index in [-0.39, 0.29) is 0 Å². The van der Waals surface area contributed by atoms with Crippen molar-refractivity contribution in [2.75, 3.05) is 23.3 Å². The molecule has 21 heavy (non-hydrogen) atoms. The summed E-state index contributed by atoms with van der Waals surface area (Å²) in [6.07, 6.45) is 3.98. The number of hydrogen-bond acceptors (Lipinski definition) is 4. The maximum Gasteiger partial charge on any atom is 0.0900 e. The van der Waals surface area contributed by atoms with Gasteiger partial charge in [0.15, 0.2) is 0 Å². The van der Waals surface area contributed by atoms with E-state index in [9.17, 15) is 0 Å². The Balaban J connectivity index is 1.74. The molecule has 0 amide bonds. The predicted octanol–water partition coefficient (Wildman–Crippen LogP) is 4.36. The number of piperidine rings is 1. The Hall–Kier alpha value is -1.55. The number of nitrogens with zero attached hydrogens (tertiary/aromatic N) is 2. The molecule has 1 aromatic carbocycles. The van der Waals surface area contributed by atoms with E-state index in [0.29, 0.717) is 0 Å². The molecule has 0 aliphatic carbocycles. The molecule has 1 aliphatic heterocycles. The first-order chi connectivity index (χ1) is 10.2. The summed E-state index contributed by atoms with van der Waals surface area (Å²) in [5.74, 6) is 0. The van der Waals surface area contributed by atoms with E-state index in [1.54, 1.807) is 11.3 Å². The van der Waals surface area contributed by atoms with Gasteiger partial charge in [-0.05, 0) is 45.2 Å². The van der Waals surface area contributed by atoms with Crippen LogP contribution in [0.5, 0.6) is 0 Å². The molecule has 1 aliphatic rings. The fourth-order valence-electron chi connectivity index (χ4n) is 2.95. The van der Waals surface area contributed by atoms with Gasteiger partial charge >= 0.3 is 0 Å². The van der Waals surface area contributed by atoms with Crippen molar-refractivity contribution in [2.24, 2.45) is 0 Å². The Morgan fingerprint density at radius 2 is 1.90 bits per heavy atom. The molecule has 1 aromatic heterocycles. The summed E-state index contributed by atoms with van der Waals surface area (Å²) in [5, 5.41) is 4.76. The van der Waals surface area contributed by atoms with Crippen molar-refractivity contribution in [2.45, 2.75) is 39.7 Å². The number of benzene rings is 1. The zero-order valence-corrected chi connectivity index (χ0v) is 13.7. The van der Waals surface area contributed by atoms with Crippen LogP contribution in [0.2, 0.25) is 0 Å². The van der Waals surface area contributed by atoms with Gasteiger partial charge in [0.05, 0.1) is 28.6 Å². The summed E-state index contributed by atoms with van der Waals surface area (Å²) in [5.41, 5.74) is 3.74. The second kappa shape index (κ2) is 6.48. The summed E-state index contributed by atoms with van der Waals surface area (Å²) < 4.78 is 0. The van der Waals surface area contributed by atoms with Crippen LogP contribution in [-0.4, -0.2) is 18.1 Å². The highest BCUT2D eigenvalue weighted by molar-refractivity contribution is 7.11. The first-order valence-electron chi connectivity index (χ1n) is 7.75. The van der Waals surface area contributed by atoms with E-state index in [1.165, 1.54) is 48.6 Å². The van der Waals surface area contributed by atoms with Gasteiger partial charge in [-0.3, -0.25) is 0 Å². The fraction of sp³-hybridized carbons (Fsp3) is 0.471. The van der Waals surface area contributed by atoms with Gasteiger partial charge in [-0.1, -0.05) is 12.1 Å². The van der Waals surface area contributed by atoms with Crippen LogP contribution in [0.1, 0.15) is 34.8 Å². The second-order valence-corrected chi connectivity index (χ2v) is 6.95. The summed E-state index contributed by atoms with van der Waals surface area (Å²) in [4.78, 5) is 8.35. The lowest BCUT2D eigenvalue weighted by molar-refractivity contribution is 0.578. The van der Waals surface area contributed by atoms with Gasteiger partial charge in [0.2, 0.25) is 0 Å². The number of aromatic nitrogens is 1. The first kappa shape index (κ1) is 14.4. The maximum absolute atomic E-state index is 4.50. The monoisotopic (exact) mass is 301 g/mol. The molecular weight excluding hydrogens is 278 g/mol. The molecule has 0 radical (unpaired) electrons. The third-order valence-corrected chi connectivity index (χ3v) is 5.11. The van der Waals surface area contributed by atoms with Crippen molar-refractivity contribution in [3.63, 3.8) is 0 Å². The van der Waals surface area contributed by atoms with Crippen molar-refractivity contribution in [1.29, 1.82) is 0 Å². The number of thiazole rings is 1. The van der Waals surface area contributed by atoms with Gasteiger partial charge in [0, 0.05) is 18.0 Å². The lowest BCUT2D eigenvalue weighted by Gasteiger charge is -2.30. The number of aryl methyl sites for hydroxylation is 2. The quantitative estimate of drug-likeness (QED) is 0.909. The van der Waals surface area contributed by atoms with E-state index in [2.05, 4.69) is 53.3 Å². The molecule has 1 saturated heterocycles. The Kier molecular flexibility index (Phi) is 4.44. The van der Waals surface area contributed by atoms with E-state index in [4.69, 9.17) is 0 Å². The molecule has 0 bridgehead atoms. The van der Waals surface area contributed by atoms with Gasteiger partial charge < -0.3 is 10.2 Å². The van der Waals surface area contributed by atoms with Gasteiger partial charge in [-0.15, -0.1) is 11.3 Å². The third-order valence-electron chi connectivity index (χ3n) is 4.04. The molecular formula is C17H23N3S. The molecule has 3 rings (SSSR count). The van der Waals surface area contributed by atoms with Crippen LogP contribution < -0.4 is 10.2 Å². The van der Waals surface area contributed by atoms with E-state index < -0.39 is 0 Å². The highest BCUT2D eigenvalue weighted by Crippen LogP contribution is 2.29. The summed E-state index contributed by atoms with van der Waals surface area (Å²) in [7, 11) is 0. The van der Waals surface area contributed by atoms with Crippen molar-refractivity contribution >= 4 is 22.7 Å². The second-order valence-electron chi connectivity index (χ2n) is 5.66. The predicted molar refractivity (Wildman–Crippen MR) is 91.4 cm³/mol. The molecule has 3 nitrogen and oxygen atoms in total. The average molecular weight is 301 g/mol. The van der Waals surface area contributed by atoms with Gasteiger partial charge in [-0.25, -0.2) is 4.98 Å². The number of rotatable bonds is 4. The van der Waals surface area contributed by atoms with Gasteiger partial charge in [-0.2, -0.15) is 0 Å². The van der Waals surface area contributed by atoms with Crippen LogP contribution in [0, 0.1) is 13.8 Å². The van der Waals surface area contributed by atoms with Crippen molar-refractivity contribution in [3.05, 3.63) is 39.8 Å². The lowest BCUT2D eigenvalue weighted by atomic mass is 10.1. The minimum absolute atomic E-state index is 0.863. The smallest absolute Gasteiger partial charge is 0.0900 e. The molecule has 1 fully saturated rings. The van der Waals surface area contributed by atoms with Crippen molar-refractivity contribution in [1.82, 2.24) is 4.98 Å². The Morgan fingerprint density at radius 1 is 1.14 bits per heavy atom. The van der Waals surface area contributed by atoms with E-state index in [1.807, 2.05) is 0 Å². The largest absolute Gasteiger partial charge is 0.378 e. The molecule has 112 valence electrons. The minimum Gasteiger partial charge on any atom is -0.378 e. The molecule has 4 heteroatoms. The van der Waals surface area contributed by atoms with Crippen LogP contribution in [0.25, 0.3) is 0 Å². The summed E-state index contributed by atoms with van der Waals surface area (Å²) in [6.45, 7) is 7.39. The molecule has 0 saturated carbocycles. The van der Waals surface area contributed by atoms with Crippen LogP contribution in [-0.2, 0) is 6.54 Å². The van der Waals surface area contributed by atoms with Gasteiger partial charge in [0.1, 0.15) is 0 Å². The molecule has 0 spiro atoms. The maximum atomic E-state index is 4.50. The zero-order valence-electron chi connectivity index (χ0n) is 12.9. The standard InChI is InChI=1S/C17H23N3S/c1-13-17(21-14(2)19-13)12-18-15-8-4-5-9-16(15)20-10-6-3-7-11-20/h4-5,8-9,18H,3,6-7,10-12H2,1-2H3. The van der Waals surface area contributed by atoms with Crippen molar-refractivity contribution in [3.8, 4) is 0 Å². The topological polar surface area (TPSA) is 28.2 Å². The summed E-state index contributed by atoms with van der Waals surface area (Å²) in [6, 6.07) is 8.67. The molecule has 2 heterocycles. The average Bonchev–Trinajstić information content (AvgIpc) is 2.84. The molecule has 2 aromatic rings. The van der Waals surface area contributed by atoms with Gasteiger partial charge in [0.25, 0.3) is 0 Å².